The summed E-state index contributed by atoms with van der Waals surface area (Å²) < 4.78 is 0. The maximum atomic E-state index is 12.2. The minimum atomic E-state index is 0.0252. The van der Waals surface area contributed by atoms with E-state index in [9.17, 15) is 4.79 Å². The molecular formula is C20H21Cl2NO. The summed E-state index contributed by atoms with van der Waals surface area (Å²) in [5, 5.41) is 4.15. The zero-order valence-electron chi connectivity index (χ0n) is 13.7. The first-order chi connectivity index (χ1) is 11.5. The highest BCUT2D eigenvalue weighted by Gasteiger charge is 2.15. The molecule has 1 aliphatic carbocycles. The van der Waals surface area contributed by atoms with Crippen LogP contribution in [0.25, 0.3) is 0 Å². The van der Waals surface area contributed by atoms with Gasteiger partial charge in [-0.1, -0.05) is 47.5 Å². The summed E-state index contributed by atoms with van der Waals surface area (Å²) in [6.45, 7) is 2.04. The van der Waals surface area contributed by atoms with E-state index >= 15 is 0 Å². The molecule has 0 radical (unpaired) electrons. The summed E-state index contributed by atoms with van der Waals surface area (Å²) in [5.41, 5.74) is 5.09. The van der Waals surface area contributed by atoms with Crippen molar-refractivity contribution >= 4 is 29.1 Å². The fourth-order valence-electron chi connectivity index (χ4n) is 3.21. The van der Waals surface area contributed by atoms with E-state index in [2.05, 4.69) is 23.5 Å². The normalized spacial score (nSPS) is 14.3. The van der Waals surface area contributed by atoms with E-state index in [1.807, 2.05) is 19.1 Å². The van der Waals surface area contributed by atoms with Crippen molar-refractivity contribution in [1.29, 1.82) is 0 Å². The number of hydrogen-bond donors (Lipinski definition) is 1. The monoisotopic (exact) mass is 361 g/mol. The molecule has 126 valence electrons. The maximum Gasteiger partial charge on any atom is 0.220 e. The molecule has 1 amide bonds. The van der Waals surface area contributed by atoms with E-state index in [0.717, 1.165) is 12.0 Å². The molecule has 0 aromatic heterocycles. The largest absolute Gasteiger partial charge is 0.350 e. The van der Waals surface area contributed by atoms with Gasteiger partial charge in [0.05, 0.1) is 16.1 Å². The first-order valence-corrected chi connectivity index (χ1v) is 9.13. The second-order valence-electron chi connectivity index (χ2n) is 6.42. The van der Waals surface area contributed by atoms with Gasteiger partial charge in [-0.25, -0.2) is 0 Å². The van der Waals surface area contributed by atoms with Gasteiger partial charge in [-0.15, -0.1) is 0 Å². The van der Waals surface area contributed by atoms with Crippen molar-refractivity contribution in [2.24, 2.45) is 0 Å². The molecule has 4 heteroatoms. The molecule has 24 heavy (non-hydrogen) atoms. The Morgan fingerprint density at radius 1 is 1.08 bits per heavy atom. The maximum absolute atomic E-state index is 12.2. The lowest BCUT2D eigenvalue weighted by Gasteiger charge is -2.16. The van der Waals surface area contributed by atoms with Gasteiger partial charge in [0, 0.05) is 6.42 Å². The first-order valence-electron chi connectivity index (χ1n) is 8.38. The number of rotatable bonds is 5. The topological polar surface area (TPSA) is 29.1 Å². The third-order valence-corrected chi connectivity index (χ3v) is 5.36. The van der Waals surface area contributed by atoms with Crippen LogP contribution in [0.1, 0.15) is 48.1 Å². The zero-order chi connectivity index (χ0) is 17.1. The summed E-state index contributed by atoms with van der Waals surface area (Å²) in [5.74, 6) is 0.0501. The Hall–Kier alpha value is -1.51. The second kappa shape index (κ2) is 7.58. The SMILES string of the molecule is CC(NC(=O)CCc1ccc(Cl)c(Cl)c1)c1ccc2c(c1)CCC2. The molecule has 0 spiro atoms. The van der Waals surface area contributed by atoms with E-state index in [-0.39, 0.29) is 11.9 Å². The average molecular weight is 362 g/mol. The molecule has 2 aromatic rings. The number of fused-ring (bicyclic) bond motifs is 1. The van der Waals surface area contributed by atoms with E-state index in [1.54, 1.807) is 6.07 Å². The number of hydrogen-bond acceptors (Lipinski definition) is 1. The molecule has 0 saturated carbocycles. The highest BCUT2D eigenvalue weighted by Crippen LogP contribution is 2.26. The van der Waals surface area contributed by atoms with Crippen molar-refractivity contribution in [3.05, 3.63) is 68.7 Å². The number of carbonyl (C=O) groups is 1. The van der Waals surface area contributed by atoms with Crippen LogP contribution in [0.2, 0.25) is 10.0 Å². The molecule has 1 N–H and O–H groups in total. The summed E-state index contributed by atoms with van der Waals surface area (Å²) >= 11 is 11.9. The van der Waals surface area contributed by atoms with Crippen molar-refractivity contribution in [3.63, 3.8) is 0 Å². The molecule has 1 unspecified atom stereocenters. The van der Waals surface area contributed by atoms with Crippen molar-refractivity contribution in [3.8, 4) is 0 Å². The minimum Gasteiger partial charge on any atom is -0.350 e. The van der Waals surface area contributed by atoms with Crippen LogP contribution in [0.4, 0.5) is 0 Å². The average Bonchev–Trinajstić information content (AvgIpc) is 3.03. The highest BCUT2D eigenvalue weighted by atomic mass is 35.5. The second-order valence-corrected chi connectivity index (χ2v) is 7.23. The van der Waals surface area contributed by atoms with Crippen molar-refractivity contribution in [1.82, 2.24) is 5.32 Å². The van der Waals surface area contributed by atoms with Gasteiger partial charge in [-0.2, -0.15) is 0 Å². The number of nitrogens with one attached hydrogen (secondary N) is 1. The molecule has 1 aliphatic rings. The predicted octanol–water partition coefficient (Wildman–Crippen LogP) is 5.29. The highest BCUT2D eigenvalue weighted by molar-refractivity contribution is 6.42. The Kier molecular flexibility index (Phi) is 5.47. The summed E-state index contributed by atoms with van der Waals surface area (Å²) in [7, 11) is 0. The van der Waals surface area contributed by atoms with Gasteiger partial charge in [0.15, 0.2) is 0 Å². The molecule has 0 fully saturated rings. The van der Waals surface area contributed by atoms with Gasteiger partial charge in [-0.3, -0.25) is 4.79 Å². The van der Waals surface area contributed by atoms with Gasteiger partial charge in [0.25, 0.3) is 0 Å². The van der Waals surface area contributed by atoms with E-state index in [1.165, 1.54) is 29.5 Å². The Morgan fingerprint density at radius 3 is 2.67 bits per heavy atom. The minimum absolute atomic E-state index is 0.0252. The van der Waals surface area contributed by atoms with Crippen LogP contribution in [0.15, 0.2) is 36.4 Å². The smallest absolute Gasteiger partial charge is 0.220 e. The zero-order valence-corrected chi connectivity index (χ0v) is 15.3. The Labute approximate surface area is 153 Å². The standard InChI is InChI=1S/C20H21Cl2NO/c1-13(16-8-7-15-3-2-4-17(15)12-16)23-20(24)10-6-14-5-9-18(21)19(22)11-14/h5,7-9,11-13H,2-4,6,10H2,1H3,(H,23,24). The molecule has 2 aromatic carbocycles. The van der Waals surface area contributed by atoms with Crippen LogP contribution in [-0.2, 0) is 24.1 Å². The molecule has 0 saturated heterocycles. The molecule has 0 heterocycles. The fourth-order valence-corrected chi connectivity index (χ4v) is 3.53. The third kappa shape index (κ3) is 4.12. The van der Waals surface area contributed by atoms with Crippen molar-refractivity contribution in [2.45, 2.75) is 45.1 Å². The summed E-state index contributed by atoms with van der Waals surface area (Å²) in [6.07, 6.45) is 4.66. The molecular weight excluding hydrogens is 341 g/mol. The number of aryl methyl sites for hydroxylation is 3. The van der Waals surface area contributed by atoms with Crippen LogP contribution in [0.5, 0.6) is 0 Å². The lowest BCUT2D eigenvalue weighted by molar-refractivity contribution is -0.121. The number of amides is 1. The first kappa shape index (κ1) is 17.3. The summed E-state index contributed by atoms with van der Waals surface area (Å²) in [4.78, 5) is 12.2. The van der Waals surface area contributed by atoms with E-state index in [4.69, 9.17) is 23.2 Å². The molecule has 0 aliphatic heterocycles. The van der Waals surface area contributed by atoms with Crippen LogP contribution in [0.3, 0.4) is 0 Å². The fraction of sp³-hybridized carbons (Fsp3) is 0.350. The van der Waals surface area contributed by atoms with E-state index in [0.29, 0.717) is 22.9 Å². The van der Waals surface area contributed by atoms with Gasteiger partial charge < -0.3 is 5.32 Å². The lowest BCUT2D eigenvalue weighted by atomic mass is 10.0. The van der Waals surface area contributed by atoms with Gasteiger partial charge in [0.2, 0.25) is 5.91 Å². The number of benzene rings is 2. The van der Waals surface area contributed by atoms with E-state index < -0.39 is 0 Å². The Bertz CT molecular complexity index is 757. The lowest BCUT2D eigenvalue weighted by Crippen LogP contribution is -2.26. The van der Waals surface area contributed by atoms with Crippen LogP contribution < -0.4 is 5.32 Å². The molecule has 0 bridgehead atoms. The van der Waals surface area contributed by atoms with Crippen molar-refractivity contribution in [2.75, 3.05) is 0 Å². The number of carbonyl (C=O) groups excluding carboxylic acids is 1. The molecule has 3 rings (SSSR count). The number of halogens is 2. The van der Waals surface area contributed by atoms with Crippen LogP contribution in [0, 0.1) is 0 Å². The quantitative estimate of drug-likeness (QED) is 0.769. The van der Waals surface area contributed by atoms with Crippen molar-refractivity contribution < 1.29 is 4.79 Å². The third-order valence-electron chi connectivity index (χ3n) is 4.62. The summed E-state index contributed by atoms with van der Waals surface area (Å²) in [6, 6.07) is 12.1. The van der Waals surface area contributed by atoms with Gasteiger partial charge in [-0.05, 0) is 67.0 Å². The van der Waals surface area contributed by atoms with Gasteiger partial charge in [0.1, 0.15) is 0 Å². The predicted molar refractivity (Wildman–Crippen MR) is 99.8 cm³/mol. The van der Waals surface area contributed by atoms with Crippen LogP contribution in [-0.4, -0.2) is 5.91 Å². The molecule has 1 atom stereocenters. The Balaban J connectivity index is 1.55. The van der Waals surface area contributed by atoms with Gasteiger partial charge >= 0.3 is 0 Å². The molecule has 2 nitrogen and oxygen atoms in total. The van der Waals surface area contributed by atoms with Crippen LogP contribution >= 0.6 is 23.2 Å². The Morgan fingerprint density at radius 2 is 1.88 bits per heavy atom.